The van der Waals surface area contributed by atoms with Gasteiger partial charge < -0.3 is 0 Å². The van der Waals surface area contributed by atoms with Crippen molar-refractivity contribution in [2.75, 3.05) is 26.3 Å². The molecule has 1 heterocycles. The van der Waals surface area contributed by atoms with Crippen LogP contribution in [-0.2, 0) is 0 Å². The Hall–Kier alpha value is 0.110. The standard InChI is InChI=1S/C9H15BrFN/c1-8-3-6-12(5-2-4-11)7-9(8)10/h2-7H2,1H3. The van der Waals surface area contributed by atoms with Crippen LogP contribution in [0.15, 0.2) is 10.1 Å². The number of halogens is 2. The van der Waals surface area contributed by atoms with Crippen LogP contribution in [0, 0.1) is 0 Å². The number of hydrogen-bond acceptors (Lipinski definition) is 1. The summed E-state index contributed by atoms with van der Waals surface area (Å²) in [6, 6.07) is 0. The maximum Gasteiger partial charge on any atom is 0.0906 e. The second kappa shape index (κ2) is 4.97. The second-order valence-electron chi connectivity index (χ2n) is 3.25. The summed E-state index contributed by atoms with van der Waals surface area (Å²) < 4.78 is 13.2. The molecule has 12 heavy (non-hydrogen) atoms. The lowest BCUT2D eigenvalue weighted by Gasteiger charge is -2.27. The molecule has 0 saturated heterocycles. The van der Waals surface area contributed by atoms with Gasteiger partial charge in [-0.2, -0.15) is 0 Å². The molecule has 3 heteroatoms. The summed E-state index contributed by atoms with van der Waals surface area (Å²) in [6.07, 6.45) is 1.78. The first-order valence-corrected chi connectivity index (χ1v) is 5.16. The Labute approximate surface area is 81.8 Å². The first-order valence-electron chi connectivity index (χ1n) is 4.36. The lowest BCUT2D eigenvalue weighted by Crippen LogP contribution is -2.31. The zero-order valence-corrected chi connectivity index (χ0v) is 9.03. The van der Waals surface area contributed by atoms with E-state index in [9.17, 15) is 4.39 Å². The van der Waals surface area contributed by atoms with E-state index in [2.05, 4.69) is 27.8 Å². The molecule has 0 saturated carbocycles. The van der Waals surface area contributed by atoms with E-state index in [1.165, 1.54) is 10.1 Å². The molecular weight excluding hydrogens is 221 g/mol. The lowest BCUT2D eigenvalue weighted by molar-refractivity contribution is 0.274. The van der Waals surface area contributed by atoms with Crippen molar-refractivity contribution in [1.82, 2.24) is 4.90 Å². The molecule has 0 unspecified atom stereocenters. The highest BCUT2D eigenvalue weighted by Crippen LogP contribution is 2.21. The first kappa shape index (κ1) is 10.2. The lowest BCUT2D eigenvalue weighted by atomic mass is 10.1. The molecule has 0 aromatic rings. The molecule has 70 valence electrons. The van der Waals surface area contributed by atoms with Crippen molar-refractivity contribution >= 4 is 15.9 Å². The minimum atomic E-state index is -0.198. The highest BCUT2D eigenvalue weighted by atomic mass is 79.9. The number of alkyl halides is 1. The van der Waals surface area contributed by atoms with E-state index in [-0.39, 0.29) is 6.67 Å². The van der Waals surface area contributed by atoms with Crippen molar-refractivity contribution < 1.29 is 4.39 Å². The molecule has 0 aromatic carbocycles. The van der Waals surface area contributed by atoms with Crippen molar-refractivity contribution in [2.24, 2.45) is 0 Å². The van der Waals surface area contributed by atoms with Crippen LogP contribution in [-0.4, -0.2) is 31.2 Å². The Kier molecular flexibility index (Phi) is 4.22. The zero-order chi connectivity index (χ0) is 8.97. The fraction of sp³-hybridized carbons (Fsp3) is 0.778. The van der Waals surface area contributed by atoms with Gasteiger partial charge in [0.2, 0.25) is 0 Å². The van der Waals surface area contributed by atoms with Crippen molar-refractivity contribution in [3.05, 3.63) is 10.1 Å². The molecule has 1 aliphatic rings. The summed E-state index contributed by atoms with van der Waals surface area (Å²) in [5.41, 5.74) is 1.44. The Morgan fingerprint density at radius 2 is 2.33 bits per heavy atom. The van der Waals surface area contributed by atoms with Gasteiger partial charge in [0.05, 0.1) is 6.67 Å². The van der Waals surface area contributed by atoms with Gasteiger partial charge in [0.25, 0.3) is 0 Å². The van der Waals surface area contributed by atoms with E-state index >= 15 is 0 Å². The Morgan fingerprint density at radius 3 is 2.92 bits per heavy atom. The quantitative estimate of drug-likeness (QED) is 0.728. The van der Waals surface area contributed by atoms with E-state index in [1.54, 1.807) is 0 Å². The maximum absolute atomic E-state index is 11.9. The van der Waals surface area contributed by atoms with E-state index in [0.717, 1.165) is 26.1 Å². The van der Waals surface area contributed by atoms with Gasteiger partial charge in [-0.25, -0.2) is 0 Å². The zero-order valence-electron chi connectivity index (χ0n) is 7.45. The fourth-order valence-corrected chi connectivity index (χ4v) is 1.90. The number of nitrogens with zero attached hydrogens (tertiary/aromatic N) is 1. The predicted octanol–water partition coefficient (Wildman–Crippen LogP) is 2.72. The number of hydrogen-bond donors (Lipinski definition) is 0. The van der Waals surface area contributed by atoms with Gasteiger partial charge in [-0.1, -0.05) is 21.5 Å². The third-order valence-electron chi connectivity index (χ3n) is 2.24. The molecule has 0 N–H and O–H groups in total. The van der Waals surface area contributed by atoms with Crippen LogP contribution in [0.4, 0.5) is 4.39 Å². The summed E-state index contributed by atoms with van der Waals surface area (Å²) in [6.45, 7) is 4.89. The van der Waals surface area contributed by atoms with Gasteiger partial charge >= 0.3 is 0 Å². The average molecular weight is 236 g/mol. The van der Waals surface area contributed by atoms with Crippen LogP contribution < -0.4 is 0 Å². The largest absolute Gasteiger partial charge is 0.298 e. The minimum Gasteiger partial charge on any atom is -0.298 e. The number of rotatable bonds is 3. The monoisotopic (exact) mass is 235 g/mol. The molecular formula is C9H15BrFN. The third-order valence-corrected chi connectivity index (χ3v) is 3.16. The molecule has 1 nitrogen and oxygen atoms in total. The summed E-state index contributed by atoms with van der Waals surface area (Å²) in [4.78, 5) is 2.29. The van der Waals surface area contributed by atoms with Crippen LogP contribution in [0.3, 0.4) is 0 Å². The molecule has 0 radical (unpaired) electrons. The molecule has 0 fully saturated rings. The molecule has 0 bridgehead atoms. The second-order valence-corrected chi connectivity index (χ2v) is 4.21. The average Bonchev–Trinajstić information content (AvgIpc) is 2.07. The van der Waals surface area contributed by atoms with Gasteiger partial charge in [-0.05, 0) is 19.8 Å². The molecule has 0 amide bonds. The highest BCUT2D eigenvalue weighted by molar-refractivity contribution is 9.11. The van der Waals surface area contributed by atoms with Crippen LogP contribution in [0.5, 0.6) is 0 Å². The van der Waals surface area contributed by atoms with Crippen molar-refractivity contribution in [3.8, 4) is 0 Å². The third kappa shape index (κ3) is 2.87. The molecule has 1 rings (SSSR count). The van der Waals surface area contributed by atoms with Gasteiger partial charge in [-0.3, -0.25) is 9.29 Å². The van der Waals surface area contributed by atoms with Crippen molar-refractivity contribution in [2.45, 2.75) is 19.8 Å². The van der Waals surface area contributed by atoms with Gasteiger partial charge in [0.15, 0.2) is 0 Å². The molecule has 0 aromatic heterocycles. The van der Waals surface area contributed by atoms with Crippen molar-refractivity contribution in [3.63, 3.8) is 0 Å². The molecule has 1 aliphatic heterocycles. The van der Waals surface area contributed by atoms with Crippen LogP contribution in [0.2, 0.25) is 0 Å². The summed E-state index contributed by atoms with van der Waals surface area (Å²) >= 11 is 3.53. The molecule has 0 atom stereocenters. The van der Waals surface area contributed by atoms with E-state index in [4.69, 9.17) is 0 Å². The summed E-state index contributed by atoms with van der Waals surface area (Å²) in [5, 5.41) is 0. The van der Waals surface area contributed by atoms with Crippen LogP contribution in [0.1, 0.15) is 19.8 Å². The first-order chi connectivity index (χ1) is 5.74. The molecule has 0 spiro atoms. The predicted molar refractivity (Wildman–Crippen MR) is 53.3 cm³/mol. The summed E-state index contributed by atoms with van der Waals surface area (Å²) in [7, 11) is 0. The normalized spacial score (nSPS) is 20.2. The summed E-state index contributed by atoms with van der Waals surface area (Å²) in [5.74, 6) is 0. The topological polar surface area (TPSA) is 3.24 Å². The van der Waals surface area contributed by atoms with E-state index in [0.29, 0.717) is 6.42 Å². The van der Waals surface area contributed by atoms with Gasteiger partial charge in [0, 0.05) is 24.1 Å². The van der Waals surface area contributed by atoms with Crippen molar-refractivity contribution in [1.29, 1.82) is 0 Å². The van der Waals surface area contributed by atoms with Gasteiger partial charge in [-0.15, -0.1) is 0 Å². The fourth-order valence-electron chi connectivity index (χ4n) is 1.35. The Morgan fingerprint density at radius 1 is 1.58 bits per heavy atom. The Balaban J connectivity index is 2.33. The van der Waals surface area contributed by atoms with E-state index < -0.39 is 0 Å². The van der Waals surface area contributed by atoms with Gasteiger partial charge in [0.1, 0.15) is 0 Å². The minimum absolute atomic E-state index is 0.198. The highest BCUT2D eigenvalue weighted by Gasteiger charge is 2.13. The smallest absolute Gasteiger partial charge is 0.0906 e. The Bertz CT molecular complexity index is 179. The maximum atomic E-state index is 11.9. The van der Waals surface area contributed by atoms with Crippen LogP contribution in [0.25, 0.3) is 0 Å². The molecule has 0 aliphatic carbocycles. The van der Waals surface area contributed by atoms with E-state index in [1.807, 2.05) is 0 Å². The SMILES string of the molecule is CC1=C(Br)CN(CCCF)CC1. The van der Waals surface area contributed by atoms with Crippen LogP contribution >= 0.6 is 15.9 Å².